The third-order valence-corrected chi connectivity index (χ3v) is 3.62. The molecule has 1 N–H and O–H groups in total. The van der Waals surface area contributed by atoms with Crippen LogP contribution in [0.1, 0.15) is 11.1 Å². The minimum atomic E-state index is -0.826. The fourth-order valence-corrected chi connectivity index (χ4v) is 2.45. The van der Waals surface area contributed by atoms with Crippen LogP contribution in [0.25, 0.3) is 0 Å². The number of anilines is 1. The van der Waals surface area contributed by atoms with Crippen molar-refractivity contribution < 1.29 is 24.1 Å². The van der Waals surface area contributed by atoms with Crippen molar-refractivity contribution in [2.45, 2.75) is 13.8 Å². The Balaban J connectivity index is 2.19. The summed E-state index contributed by atoms with van der Waals surface area (Å²) < 4.78 is 10.2. The number of methoxy groups -OCH3 is 1. The third-order valence-electron chi connectivity index (χ3n) is 3.62. The normalized spacial score (nSPS) is 10.2. The van der Waals surface area contributed by atoms with Crippen molar-refractivity contribution in [1.29, 1.82) is 0 Å². The smallest absolute Gasteiger partial charge is 0.320 e. The topological polar surface area (TPSA) is 134 Å². The molecule has 0 aliphatic carbocycles. The van der Waals surface area contributed by atoms with Gasteiger partial charge in [-0.1, -0.05) is 17.7 Å². The molecule has 1 amide bonds. The number of aryl methyl sites for hydroxylation is 2. The van der Waals surface area contributed by atoms with Crippen molar-refractivity contribution in [2.24, 2.45) is 0 Å². The van der Waals surface area contributed by atoms with Crippen LogP contribution in [0.4, 0.5) is 17.1 Å². The van der Waals surface area contributed by atoms with Crippen LogP contribution in [0.2, 0.25) is 0 Å². The van der Waals surface area contributed by atoms with Gasteiger partial charge in [-0.25, -0.2) is 0 Å². The molecular formula is C17H17N3O7. The van der Waals surface area contributed by atoms with Crippen molar-refractivity contribution in [1.82, 2.24) is 0 Å². The van der Waals surface area contributed by atoms with Gasteiger partial charge >= 0.3 is 11.4 Å². The van der Waals surface area contributed by atoms with E-state index in [1.54, 1.807) is 6.07 Å². The van der Waals surface area contributed by atoms with Gasteiger partial charge in [0.2, 0.25) is 0 Å². The molecule has 0 aliphatic rings. The fourth-order valence-electron chi connectivity index (χ4n) is 2.45. The zero-order valence-electron chi connectivity index (χ0n) is 14.8. The monoisotopic (exact) mass is 375 g/mol. The SMILES string of the molecule is COc1c([N+](=O)[O-])cc(NC(=O)COc2ccc(C)cc2C)cc1[N+](=O)[O-]. The second kappa shape index (κ2) is 8.13. The van der Waals surface area contributed by atoms with E-state index in [-0.39, 0.29) is 12.3 Å². The summed E-state index contributed by atoms with van der Waals surface area (Å²) in [7, 11) is 1.09. The summed E-state index contributed by atoms with van der Waals surface area (Å²) in [5.74, 6) is -0.597. The van der Waals surface area contributed by atoms with E-state index < -0.39 is 32.9 Å². The quantitative estimate of drug-likeness (QED) is 0.580. The maximum absolute atomic E-state index is 12.1. The molecule has 2 aromatic carbocycles. The summed E-state index contributed by atoms with van der Waals surface area (Å²) in [4.78, 5) is 32.7. The summed E-state index contributed by atoms with van der Waals surface area (Å²) in [5, 5.41) is 24.6. The molecule has 0 bridgehead atoms. The maximum Gasteiger partial charge on any atom is 0.320 e. The Kier molecular flexibility index (Phi) is 5.91. The molecule has 10 heteroatoms. The van der Waals surface area contributed by atoms with Crippen LogP contribution in [-0.2, 0) is 4.79 Å². The van der Waals surface area contributed by atoms with Gasteiger partial charge in [-0.15, -0.1) is 0 Å². The summed E-state index contributed by atoms with van der Waals surface area (Å²) in [5.41, 5.74) is 0.527. The van der Waals surface area contributed by atoms with Gasteiger partial charge < -0.3 is 14.8 Å². The number of rotatable bonds is 7. The first-order valence-electron chi connectivity index (χ1n) is 7.73. The predicted octanol–water partition coefficient (Wildman–Crippen LogP) is 3.15. The Hall–Kier alpha value is -3.69. The van der Waals surface area contributed by atoms with Crippen LogP contribution in [0.3, 0.4) is 0 Å². The number of nitro benzene ring substituents is 2. The molecule has 0 aromatic heterocycles. The van der Waals surface area contributed by atoms with E-state index in [1.807, 2.05) is 26.0 Å². The van der Waals surface area contributed by atoms with Crippen molar-refractivity contribution in [2.75, 3.05) is 19.0 Å². The standard InChI is InChI=1S/C17H17N3O7/c1-10-4-5-15(11(2)6-10)27-9-16(21)18-12-7-13(19(22)23)17(26-3)14(8-12)20(24)25/h4-8H,9H2,1-3H3,(H,18,21). The molecule has 10 nitrogen and oxygen atoms in total. The Morgan fingerprint density at radius 1 is 1.07 bits per heavy atom. The van der Waals surface area contributed by atoms with Gasteiger partial charge in [0.1, 0.15) is 5.75 Å². The Morgan fingerprint density at radius 3 is 2.15 bits per heavy atom. The number of hydrogen-bond donors (Lipinski definition) is 1. The minimum absolute atomic E-state index is 0.108. The van der Waals surface area contributed by atoms with E-state index in [4.69, 9.17) is 9.47 Å². The molecule has 142 valence electrons. The number of carbonyl (C=O) groups excluding carboxylic acids is 1. The number of nitrogens with one attached hydrogen (secondary N) is 1. The predicted molar refractivity (Wildman–Crippen MR) is 96.3 cm³/mol. The Labute approximate surface area is 154 Å². The van der Waals surface area contributed by atoms with Gasteiger partial charge in [0.15, 0.2) is 6.61 Å². The van der Waals surface area contributed by atoms with Crippen molar-refractivity contribution in [3.05, 3.63) is 61.7 Å². The molecule has 0 aliphatic heterocycles. The van der Waals surface area contributed by atoms with Crippen LogP contribution in [-0.4, -0.2) is 29.5 Å². The first-order chi connectivity index (χ1) is 12.7. The van der Waals surface area contributed by atoms with Gasteiger partial charge in [0.05, 0.1) is 22.6 Å². The maximum atomic E-state index is 12.1. The molecule has 0 radical (unpaired) electrons. The molecule has 0 unspecified atom stereocenters. The highest BCUT2D eigenvalue weighted by Gasteiger charge is 2.28. The lowest BCUT2D eigenvalue weighted by atomic mass is 10.1. The second-order valence-electron chi connectivity index (χ2n) is 5.67. The number of hydrogen-bond acceptors (Lipinski definition) is 7. The molecular weight excluding hydrogens is 358 g/mol. The first kappa shape index (κ1) is 19.6. The second-order valence-corrected chi connectivity index (χ2v) is 5.67. The number of carbonyl (C=O) groups is 1. The van der Waals surface area contributed by atoms with E-state index in [2.05, 4.69) is 5.32 Å². The zero-order valence-corrected chi connectivity index (χ0v) is 14.8. The molecule has 27 heavy (non-hydrogen) atoms. The molecule has 0 heterocycles. The lowest BCUT2D eigenvalue weighted by molar-refractivity contribution is -0.395. The van der Waals surface area contributed by atoms with Gasteiger partial charge in [-0.3, -0.25) is 25.0 Å². The van der Waals surface area contributed by atoms with Crippen LogP contribution >= 0.6 is 0 Å². The highest BCUT2D eigenvalue weighted by Crippen LogP contribution is 2.39. The number of amides is 1. The summed E-state index contributed by atoms with van der Waals surface area (Å²) in [6.45, 7) is 3.39. The molecule has 0 atom stereocenters. The van der Waals surface area contributed by atoms with Gasteiger partial charge in [0, 0.05) is 12.1 Å². The van der Waals surface area contributed by atoms with Crippen LogP contribution in [0.5, 0.6) is 11.5 Å². The van der Waals surface area contributed by atoms with Gasteiger partial charge in [-0.05, 0) is 25.5 Å². The Bertz CT molecular complexity index is 876. The van der Waals surface area contributed by atoms with E-state index in [1.165, 1.54) is 0 Å². The van der Waals surface area contributed by atoms with Crippen molar-refractivity contribution in [3.63, 3.8) is 0 Å². The Morgan fingerprint density at radius 2 is 1.67 bits per heavy atom. The molecule has 0 spiro atoms. The summed E-state index contributed by atoms with van der Waals surface area (Å²) in [6.07, 6.45) is 0. The number of nitro groups is 2. The highest BCUT2D eigenvalue weighted by atomic mass is 16.6. The van der Waals surface area contributed by atoms with E-state index in [9.17, 15) is 25.0 Å². The fraction of sp³-hybridized carbons (Fsp3) is 0.235. The molecule has 2 aromatic rings. The minimum Gasteiger partial charge on any atom is -0.485 e. The average molecular weight is 375 g/mol. The van der Waals surface area contributed by atoms with Crippen LogP contribution in [0, 0.1) is 34.1 Å². The van der Waals surface area contributed by atoms with Gasteiger partial charge in [0.25, 0.3) is 11.7 Å². The molecule has 0 saturated carbocycles. The van der Waals surface area contributed by atoms with Crippen molar-refractivity contribution >= 4 is 23.0 Å². The zero-order chi connectivity index (χ0) is 20.1. The molecule has 0 saturated heterocycles. The molecule has 2 rings (SSSR count). The van der Waals surface area contributed by atoms with E-state index >= 15 is 0 Å². The lowest BCUT2D eigenvalue weighted by Gasteiger charge is -2.11. The lowest BCUT2D eigenvalue weighted by Crippen LogP contribution is -2.20. The van der Waals surface area contributed by atoms with Crippen LogP contribution < -0.4 is 14.8 Å². The number of benzene rings is 2. The summed E-state index contributed by atoms with van der Waals surface area (Å²) >= 11 is 0. The van der Waals surface area contributed by atoms with Crippen LogP contribution in [0.15, 0.2) is 30.3 Å². The van der Waals surface area contributed by atoms with Crippen molar-refractivity contribution in [3.8, 4) is 11.5 Å². The average Bonchev–Trinajstić information content (AvgIpc) is 2.60. The first-order valence-corrected chi connectivity index (χ1v) is 7.73. The largest absolute Gasteiger partial charge is 0.485 e. The molecule has 0 fully saturated rings. The number of nitrogens with zero attached hydrogens (tertiary/aromatic N) is 2. The number of ether oxygens (including phenoxy) is 2. The van der Waals surface area contributed by atoms with E-state index in [0.29, 0.717) is 5.75 Å². The highest BCUT2D eigenvalue weighted by molar-refractivity contribution is 5.93. The van der Waals surface area contributed by atoms with E-state index in [0.717, 1.165) is 30.4 Å². The third kappa shape index (κ3) is 4.69. The van der Waals surface area contributed by atoms with Gasteiger partial charge in [-0.2, -0.15) is 0 Å². The summed E-state index contributed by atoms with van der Waals surface area (Å²) in [6, 6.07) is 7.42.